The highest BCUT2D eigenvalue weighted by molar-refractivity contribution is 6.46. The van der Waals surface area contributed by atoms with Crippen molar-refractivity contribution in [2.24, 2.45) is 0 Å². The van der Waals surface area contributed by atoms with Crippen LogP contribution in [0.3, 0.4) is 0 Å². The van der Waals surface area contributed by atoms with Gasteiger partial charge in [-0.25, -0.2) is 0 Å². The zero-order valence-corrected chi connectivity index (χ0v) is 10.7. The number of para-hydroxylation sites is 1. The van der Waals surface area contributed by atoms with E-state index in [4.69, 9.17) is 4.65 Å². The normalized spacial score (nSPS) is 10.1. The molecule has 91 valence electrons. The van der Waals surface area contributed by atoms with Crippen LogP contribution < -0.4 is 10.4 Å². The molecule has 1 radical (unpaired) electrons. The molecule has 0 aliphatic heterocycles. The Morgan fingerprint density at radius 3 is 2.56 bits per heavy atom. The molecule has 0 N–H and O–H groups in total. The Kier molecular flexibility index (Phi) is 4.85. The number of hydrogen-bond acceptors (Lipinski definition) is 2. The van der Waals surface area contributed by atoms with Gasteiger partial charge in [-0.1, -0.05) is 47.9 Å². The fourth-order valence-corrected chi connectivity index (χ4v) is 1.72. The molecular formula is C15H17BNO. The molecule has 2 nitrogen and oxygen atoms in total. The third-order valence-electron chi connectivity index (χ3n) is 2.82. The van der Waals surface area contributed by atoms with Crippen LogP contribution in [0.5, 0.6) is 0 Å². The maximum Gasteiger partial charge on any atom is 0.308 e. The maximum atomic E-state index is 5.66. The topological polar surface area (TPSA) is 12.5 Å². The van der Waals surface area contributed by atoms with E-state index < -0.39 is 0 Å². The zero-order valence-electron chi connectivity index (χ0n) is 10.7. The number of anilines is 1. The second-order valence-corrected chi connectivity index (χ2v) is 4.22. The summed E-state index contributed by atoms with van der Waals surface area (Å²) in [5.74, 6) is 0. The van der Waals surface area contributed by atoms with E-state index in [1.54, 1.807) is 0 Å². The number of nitrogens with zero attached hydrogens (tertiary/aromatic N) is 1. The van der Waals surface area contributed by atoms with Gasteiger partial charge in [-0.15, -0.1) is 0 Å². The molecule has 0 bridgehead atoms. The van der Waals surface area contributed by atoms with E-state index in [0.717, 1.165) is 13.2 Å². The van der Waals surface area contributed by atoms with Crippen molar-refractivity contribution >= 4 is 18.6 Å². The van der Waals surface area contributed by atoms with E-state index in [1.807, 2.05) is 42.5 Å². The highest BCUT2D eigenvalue weighted by Crippen LogP contribution is 2.09. The molecule has 0 fully saturated rings. The van der Waals surface area contributed by atoms with Crippen molar-refractivity contribution in [3.05, 3.63) is 60.7 Å². The van der Waals surface area contributed by atoms with Crippen molar-refractivity contribution in [2.45, 2.75) is 0 Å². The van der Waals surface area contributed by atoms with Gasteiger partial charge in [-0.3, -0.25) is 0 Å². The van der Waals surface area contributed by atoms with Crippen LogP contribution in [0.25, 0.3) is 0 Å². The Hall–Kier alpha value is -1.74. The number of hydrogen-bond donors (Lipinski definition) is 0. The minimum Gasteiger partial charge on any atom is -0.433 e. The third kappa shape index (κ3) is 3.93. The SMILES string of the molecule is CN(CCOBc1cc[c]cc1)c1ccccc1. The molecule has 3 heteroatoms. The Morgan fingerprint density at radius 1 is 1.11 bits per heavy atom. The van der Waals surface area contributed by atoms with Gasteiger partial charge in [0.05, 0.1) is 0 Å². The largest absolute Gasteiger partial charge is 0.433 e. The maximum absolute atomic E-state index is 5.66. The Morgan fingerprint density at radius 2 is 1.83 bits per heavy atom. The first-order valence-electron chi connectivity index (χ1n) is 6.15. The van der Waals surface area contributed by atoms with Gasteiger partial charge in [0.2, 0.25) is 0 Å². The molecule has 0 unspecified atom stereocenters. The molecule has 2 aromatic carbocycles. The van der Waals surface area contributed by atoms with Crippen LogP contribution in [-0.2, 0) is 4.65 Å². The molecule has 0 spiro atoms. The van der Waals surface area contributed by atoms with Gasteiger partial charge in [-0.2, -0.15) is 0 Å². The molecule has 0 amide bonds. The molecular weight excluding hydrogens is 221 g/mol. The highest BCUT2D eigenvalue weighted by Gasteiger charge is 2.00. The summed E-state index contributed by atoms with van der Waals surface area (Å²) in [6.45, 7) is 1.62. The van der Waals surface area contributed by atoms with Gasteiger partial charge in [0, 0.05) is 25.9 Å². The summed E-state index contributed by atoms with van der Waals surface area (Å²) in [6, 6.07) is 21.2. The molecule has 18 heavy (non-hydrogen) atoms. The van der Waals surface area contributed by atoms with Gasteiger partial charge in [0.15, 0.2) is 0 Å². The van der Waals surface area contributed by atoms with E-state index in [0.29, 0.717) is 7.48 Å². The number of likely N-dealkylation sites (N-methyl/N-ethyl adjacent to an activating group) is 1. The van der Waals surface area contributed by atoms with Gasteiger partial charge in [0.25, 0.3) is 0 Å². The smallest absolute Gasteiger partial charge is 0.308 e. The first-order valence-corrected chi connectivity index (χ1v) is 6.15. The minimum absolute atomic E-state index is 0.664. The Balaban J connectivity index is 1.70. The summed E-state index contributed by atoms with van der Waals surface area (Å²) in [7, 11) is 2.74. The van der Waals surface area contributed by atoms with Crippen LogP contribution in [0, 0.1) is 6.07 Å². The third-order valence-corrected chi connectivity index (χ3v) is 2.82. The van der Waals surface area contributed by atoms with Gasteiger partial charge >= 0.3 is 7.48 Å². The fraction of sp³-hybridized carbons (Fsp3) is 0.200. The van der Waals surface area contributed by atoms with Crippen LogP contribution in [0.4, 0.5) is 5.69 Å². The standard InChI is InChI=1S/C15H17BNO/c1-17(15-10-6-3-7-11-15)12-13-18-16-14-8-4-2-5-9-14/h3-11,16H,12-13H2,1H3. The predicted molar refractivity (Wildman–Crippen MR) is 77.7 cm³/mol. The average molecular weight is 238 g/mol. The highest BCUT2D eigenvalue weighted by atomic mass is 16.4. The van der Waals surface area contributed by atoms with E-state index in [1.165, 1.54) is 11.2 Å². The summed E-state index contributed by atoms with van der Waals surface area (Å²) in [4.78, 5) is 2.19. The van der Waals surface area contributed by atoms with Crippen LogP contribution in [0.15, 0.2) is 54.6 Å². The van der Waals surface area contributed by atoms with Crippen LogP contribution in [0.1, 0.15) is 0 Å². The van der Waals surface area contributed by atoms with Crippen LogP contribution in [0.2, 0.25) is 0 Å². The molecule has 0 atom stereocenters. The first-order chi connectivity index (χ1) is 8.86. The molecule has 0 aromatic heterocycles. The second-order valence-electron chi connectivity index (χ2n) is 4.22. The first kappa shape index (κ1) is 12.7. The fourth-order valence-electron chi connectivity index (χ4n) is 1.72. The summed E-state index contributed by atoms with van der Waals surface area (Å²) >= 11 is 0. The lowest BCUT2D eigenvalue weighted by atomic mass is 9.88. The molecule has 2 aromatic rings. The molecule has 0 saturated heterocycles. The quantitative estimate of drug-likeness (QED) is 0.560. The molecule has 0 aliphatic rings. The Labute approximate surface area is 109 Å². The minimum atomic E-state index is 0.664. The molecule has 0 saturated carbocycles. The van der Waals surface area contributed by atoms with Crippen LogP contribution in [-0.4, -0.2) is 27.7 Å². The summed E-state index contributed by atoms with van der Waals surface area (Å²) < 4.78 is 5.66. The van der Waals surface area contributed by atoms with E-state index in [2.05, 4.69) is 30.1 Å². The number of rotatable bonds is 6. The van der Waals surface area contributed by atoms with Crippen molar-refractivity contribution in [3.8, 4) is 0 Å². The van der Waals surface area contributed by atoms with Gasteiger partial charge in [-0.05, 0) is 18.2 Å². The molecule has 0 heterocycles. The summed E-state index contributed by atoms with van der Waals surface area (Å²) in [5, 5.41) is 0. The zero-order chi connectivity index (χ0) is 12.6. The van der Waals surface area contributed by atoms with Gasteiger partial charge in [0.1, 0.15) is 0 Å². The van der Waals surface area contributed by atoms with Gasteiger partial charge < -0.3 is 9.55 Å². The van der Waals surface area contributed by atoms with Crippen molar-refractivity contribution in [1.29, 1.82) is 0 Å². The predicted octanol–water partition coefficient (Wildman–Crippen LogP) is 1.62. The monoisotopic (exact) mass is 238 g/mol. The van der Waals surface area contributed by atoms with E-state index >= 15 is 0 Å². The van der Waals surface area contributed by atoms with E-state index in [-0.39, 0.29) is 0 Å². The number of benzene rings is 2. The Bertz CT molecular complexity index is 447. The molecule has 0 aliphatic carbocycles. The van der Waals surface area contributed by atoms with Crippen molar-refractivity contribution < 1.29 is 4.65 Å². The second kappa shape index (κ2) is 6.87. The lowest BCUT2D eigenvalue weighted by Crippen LogP contribution is -2.26. The summed E-state index contributed by atoms with van der Waals surface area (Å²) in [5.41, 5.74) is 2.41. The summed E-state index contributed by atoms with van der Waals surface area (Å²) in [6.07, 6.45) is 0. The lowest BCUT2D eigenvalue weighted by Gasteiger charge is -2.19. The van der Waals surface area contributed by atoms with Crippen molar-refractivity contribution in [2.75, 3.05) is 25.1 Å². The van der Waals surface area contributed by atoms with Crippen molar-refractivity contribution in [1.82, 2.24) is 0 Å². The van der Waals surface area contributed by atoms with Crippen molar-refractivity contribution in [3.63, 3.8) is 0 Å². The van der Waals surface area contributed by atoms with Crippen LogP contribution >= 0.6 is 0 Å². The molecule has 2 rings (SSSR count). The average Bonchev–Trinajstić information content (AvgIpc) is 2.45. The van der Waals surface area contributed by atoms with E-state index in [9.17, 15) is 0 Å². The lowest BCUT2D eigenvalue weighted by molar-refractivity contribution is 0.350.